The Morgan fingerprint density at radius 3 is 2.65 bits per heavy atom. The van der Waals surface area contributed by atoms with Gasteiger partial charge in [-0.05, 0) is 47.0 Å². The lowest BCUT2D eigenvalue weighted by molar-refractivity contribution is -0.00413. The van der Waals surface area contributed by atoms with Gasteiger partial charge in [0.05, 0.1) is 18.6 Å². The molecule has 1 atom stereocenters. The van der Waals surface area contributed by atoms with Gasteiger partial charge < -0.3 is 9.57 Å². The van der Waals surface area contributed by atoms with Gasteiger partial charge in [0.15, 0.2) is 5.52 Å². The molecule has 0 aromatic heterocycles. The summed E-state index contributed by atoms with van der Waals surface area (Å²) in [4.78, 5) is 4.93. The van der Waals surface area contributed by atoms with Crippen molar-refractivity contribution in [2.75, 3.05) is 18.0 Å². The molecule has 0 spiro atoms. The van der Waals surface area contributed by atoms with Crippen LogP contribution in [0.5, 0.6) is 0 Å². The summed E-state index contributed by atoms with van der Waals surface area (Å²) < 4.78 is 5.78. The molecule has 0 bridgehead atoms. The van der Waals surface area contributed by atoms with E-state index in [0.29, 0.717) is 22.7 Å². The summed E-state index contributed by atoms with van der Waals surface area (Å²) in [5.74, 6) is 1.02. The topological polar surface area (TPSA) is 30.8 Å². The molecule has 3 nitrogen and oxygen atoms in total. The molecule has 0 N–H and O–H groups in total. The van der Waals surface area contributed by atoms with Gasteiger partial charge in [-0.2, -0.15) is 0 Å². The van der Waals surface area contributed by atoms with Crippen LogP contribution >= 0.6 is 27.5 Å². The maximum Gasteiger partial charge on any atom is 0.171 e. The van der Waals surface area contributed by atoms with Crippen molar-refractivity contribution in [1.82, 2.24) is 0 Å². The lowest BCUT2D eigenvalue weighted by atomic mass is 9.65. The fourth-order valence-electron chi connectivity index (χ4n) is 2.31. The first-order valence-corrected chi connectivity index (χ1v) is 7.56. The predicted molar refractivity (Wildman–Crippen MR) is 75.0 cm³/mol. The zero-order valence-electron chi connectivity index (χ0n) is 10.7. The van der Waals surface area contributed by atoms with Crippen molar-refractivity contribution in [2.45, 2.75) is 39.7 Å². The largest absolute Gasteiger partial charge is 0.384 e. The van der Waals surface area contributed by atoms with E-state index in [2.05, 4.69) is 34.9 Å². The fraction of sp³-hybridized carbons (Fsp3) is 0.917. The molecule has 0 radical (unpaired) electrons. The smallest absolute Gasteiger partial charge is 0.171 e. The highest BCUT2D eigenvalue weighted by Gasteiger charge is 2.36. The lowest BCUT2D eigenvalue weighted by Gasteiger charge is -2.42. The molecule has 1 unspecified atom stereocenters. The van der Waals surface area contributed by atoms with E-state index in [1.807, 2.05) is 6.92 Å². The number of oxime groups is 1. The molecule has 0 heterocycles. The summed E-state index contributed by atoms with van der Waals surface area (Å²) in [5.41, 5.74) is 1.61. The Bertz CT molecular complexity index is 263. The Morgan fingerprint density at radius 1 is 1.53 bits per heavy atom. The standard InChI is InChI=1S/C12H21BrClNO2/c1-9(11(6-14)15-17-8-13)16-7-10-4-12(2,3)5-10/h9-10H,4-8H2,1-3H3/b15-11-. The van der Waals surface area contributed by atoms with Crippen LogP contribution in [0.15, 0.2) is 5.16 Å². The molecule has 1 aliphatic carbocycles. The summed E-state index contributed by atoms with van der Waals surface area (Å²) >= 11 is 8.94. The third-order valence-corrected chi connectivity index (χ3v) is 3.58. The van der Waals surface area contributed by atoms with Crippen LogP contribution in [0.1, 0.15) is 33.6 Å². The number of nitrogens with zero attached hydrogens (tertiary/aromatic N) is 1. The Hall–Kier alpha value is 0.200. The van der Waals surface area contributed by atoms with Gasteiger partial charge in [0.2, 0.25) is 0 Å². The van der Waals surface area contributed by atoms with Crippen molar-refractivity contribution in [3.05, 3.63) is 0 Å². The predicted octanol–water partition coefficient (Wildman–Crippen LogP) is 3.79. The maximum atomic E-state index is 5.80. The summed E-state index contributed by atoms with van der Waals surface area (Å²) in [6.07, 6.45) is 2.41. The highest BCUT2D eigenvalue weighted by atomic mass is 79.9. The molecule has 17 heavy (non-hydrogen) atoms. The third-order valence-electron chi connectivity index (χ3n) is 3.10. The number of hydrogen-bond donors (Lipinski definition) is 0. The van der Waals surface area contributed by atoms with E-state index in [1.165, 1.54) is 12.8 Å². The average molecular weight is 327 g/mol. The summed E-state index contributed by atoms with van der Waals surface area (Å²) in [6, 6.07) is 0. The van der Waals surface area contributed by atoms with Crippen LogP contribution < -0.4 is 0 Å². The third kappa shape index (κ3) is 5.14. The van der Waals surface area contributed by atoms with Gasteiger partial charge in [0.25, 0.3) is 0 Å². The molecular weight excluding hydrogens is 305 g/mol. The van der Waals surface area contributed by atoms with Gasteiger partial charge in [0, 0.05) is 0 Å². The highest BCUT2D eigenvalue weighted by Crippen LogP contribution is 2.44. The minimum absolute atomic E-state index is 0.0738. The highest BCUT2D eigenvalue weighted by molar-refractivity contribution is 9.09. The molecule has 5 heteroatoms. The van der Waals surface area contributed by atoms with Crippen molar-refractivity contribution < 1.29 is 9.57 Å². The molecule has 100 valence electrons. The second-order valence-electron chi connectivity index (χ2n) is 5.37. The van der Waals surface area contributed by atoms with Gasteiger partial charge in [-0.3, -0.25) is 0 Å². The van der Waals surface area contributed by atoms with Gasteiger partial charge in [-0.25, -0.2) is 0 Å². The quantitative estimate of drug-likeness (QED) is 0.405. The molecule has 1 rings (SSSR count). The number of halogens is 2. The minimum atomic E-state index is -0.0738. The number of hydrogen-bond acceptors (Lipinski definition) is 3. The van der Waals surface area contributed by atoms with E-state index in [1.54, 1.807) is 0 Å². The first-order chi connectivity index (χ1) is 7.98. The molecule has 0 aromatic carbocycles. The van der Waals surface area contributed by atoms with Crippen molar-refractivity contribution in [1.29, 1.82) is 0 Å². The van der Waals surface area contributed by atoms with E-state index in [4.69, 9.17) is 21.2 Å². The Morgan fingerprint density at radius 2 is 2.18 bits per heavy atom. The molecule has 0 aromatic rings. The Kier molecular flexibility index (Phi) is 6.24. The first kappa shape index (κ1) is 15.3. The molecule has 0 amide bonds. The van der Waals surface area contributed by atoms with E-state index >= 15 is 0 Å². The van der Waals surface area contributed by atoms with Gasteiger partial charge >= 0.3 is 0 Å². The second-order valence-corrected chi connectivity index (χ2v) is 6.09. The van der Waals surface area contributed by atoms with E-state index < -0.39 is 0 Å². The van der Waals surface area contributed by atoms with Crippen molar-refractivity contribution in [3.8, 4) is 0 Å². The molecule has 1 aliphatic rings. The van der Waals surface area contributed by atoms with Crippen molar-refractivity contribution in [3.63, 3.8) is 0 Å². The van der Waals surface area contributed by atoms with Gasteiger partial charge in [-0.15, -0.1) is 11.6 Å². The van der Waals surface area contributed by atoms with Crippen molar-refractivity contribution in [2.24, 2.45) is 16.5 Å². The number of rotatable bonds is 7. The van der Waals surface area contributed by atoms with Crippen LogP contribution in [-0.4, -0.2) is 29.8 Å². The van der Waals surface area contributed by atoms with E-state index in [9.17, 15) is 0 Å². The van der Waals surface area contributed by atoms with Gasteiger partial charge in [-0.1, -0.05) is 19.0 Å². The first-order valence-electron chi connectivity index (χ1n) is 5.91. The van der Waals surface area contributed by atoms with Crippen LogP contribution in [0.3, 0.4) is 0 Å². The summed E-state index contributed by atoms with van der Waals surface area (Å²) in [7, 11) is 0. The zero-order chi connectivity index (χ0) is 12.9. The minimum Gasteiger partial charge on any atom is -0.384 e. The SMILES string of the molecule is CC(OCC1CC(C)(C)C1)/C(CCl)=N\OCBr. The number of alkyl halides is 2. The monoisotopic (exact) mass is 325 g/mol. The number of ether oxygens (including phenoxy) is 1. The van der Waals surface area contributed by atoms with Gasteiger partial charge in [0.1, 0.15) is 5.71 Å². The van der Waals surface area contributed by atoms with Crippen LogP contribution in [0, 0.1) is 11.3 Å². The molecule has 0 saturated heterocycles. The van der Waals surface area contributed by atoms with Crippen LogP contribution in [0.2, 0.25) is 0 Å². The summed E-state index contributed by atoms with van der Waals surface area (Å²) in [5, 5.41) is 3.92. The zero-order valence-corrected chi connectivity index (χ0v) is 13.1. The molecule has 0 aliphatic heterocycles. The van der Waals surface area contributed by atoms with Crippen LogP contribution in [0.4, 0.5) is 0 Å². The summed E-state index contributed by atoms with van der Waals surface area (Å²) in [6.45, 7) is 7.34. The molecule has 1 saturated carbocycles. The van der Waals surface area contributed by atoms with Crippen LogP contribution in [-0.2, 0) is 9.57 Å². The maximum absolute atomic E-state index is 5.80. The Balaban J connectivity index is 2.26. The average Bonchev–Trinajstić information content (AvgIpc) is 2.24. The molecule has 1 fully saturated rings. The van der Waals surface area contributed by atoms with Crippen molar-refractivity contribution >= 4 is 33.2 Å². The second kappa shape index (κ2) is 6.95. The van der Waals surface area contributed by atoms with E-state index in [0.717, 1.165) is 12.3 Å². The van der Waals surface area contributed by atoms with Crippen LogP contribution in [0.25, 0.3) is 0 Å². The lowest BCUT2D eigenvalue weighted by Crippen LogP contribution is -2.36. The normalized spacial score (nSPS) is 22.1. The van der Waals surface area contributed by atoms with E-state index in [-0.39, 0.29) is 6.10 Å². The Labute approximate surface area is 117 Å². The molecular formula is C12H21BrClNO2. The fourth-order valence-corrected chi connectivity index (χ4v) is 2.68.